The van der Waals surface area contributed by atoms with Crippen LogP contribution < -0.4 is 14.4 Å². The highest BCUT2D eigenvalue weighted by Crippen LogP contribution is 2.28. The van der Waals surface area contributed by atoms with E-state index in [1.807, 2.05) is 13.8 Å². The second-order valence-corrected chi connectivity index (χ2v) is 11.3. The number of methoxy groups -OCH3 is 1. The Balaban J connectivity index is 2.38. The van der Waals surface area contributed by atoms with Crippen LogP contribution in [-0.4, -0.2) is 57.6 Å². The van der Waals surface area contributed by atoms with Gasteiger partial charge in [0.15, 0.2) is 0 Å². The first-order valence-corrected chi connectivity index (χ1v) is 13.6. The van der Waals surface area contributed by atoms with Gasteiger partial charge in [-0.2, -0.15) is 0 Å². The summed E-state index contributed by atoms with van der Waals surface area (Å²) in [7, 11) is -2.31. The second-order valence-electron chi connectivity index (χ2n) is 8.55. The molecule has 0 aliphatic rings. The Bertz CT molecular complexity index is 1140. The van der Waals surface area contributed by atoms with Crippen molar-refractivity contribution in [3.8, 4) is 5.75 Å². The zero-order chi connectivity index (χ0) is 26.3. The van der Waals surface area contributed by atoms with Gasteiger partial charge < -0.3 is 15.0 Å². The van der Waals surface area contributed by atoms with Crippen molar-refractivity contribution in [3.05, 3.63) is 58.1 Å². The highest BCUT2D eigenvalue weighted by atomic mass is 35.5. The number of amides is 2. The van der Waals surface area contributed by atoms with E-state index in [2.05, 4.69) is 5.32 Å². The van der Waals surface area contributed by atoms with Gasteiger partial charge in [0.05, 0.1) is 29.1 Å². The fourth-order valence-corrected chi connectivity index (χ4v) is 4.35. The Morgan fingerprint density at radius 3 is 2.17 bits per heavy atom. The van der Waals surface area contributed by atoms with E-state index >= 15 is 0 Å². The van der Waals surface area contributed by atoms with E-state index in [0.717, 1.165) is 16.1 Å². The fraction of sp³-hybridized carbons (Fsp3) is 0.417. The van der Waals surface area contributed by atoms with E-state index in [-0.39, 0.29) is 34.1 Å². The number of carbonyl (C=O) groups is 2. The number of rotatable bonds is 11. The largest absolute Gasteiger partial charge is 0.497 e. The lowest BCUT2D eigenvalue weighted by Gasteiger charge is -2.31. The quantitative estimate of drug-likeness (QED) is 0.462. The topological polar surface area (TPSA) is 96.0 Å². The highest BCUT2D eigenvalue weighted by molar-refractivity contribution is 7.92. The van der Waals surface area contributed by atoms with Crippen molar-refractivity contribution in [3.63, 3.8) is 0 Å². The van der Waals surface area contributed by atoms with E-state index in [1.165, 1.54) is 23.1 Å². The van der Waals surface area contributed by atoms with E-state index in [9.17, 15) is 18.0 Å². The molecule has 0 spiro atoms. The number of nitrogens with one attached hydrogen (secondary N) is 1. The third kappa shape index (κ3) is 8.30. The summed E-state index contributed by atoms with van der Waals surface area (Å²) in [6.45, 7) is 5.57. The van der Waals surface area contributed by atoms with Gasteiger partial charge in [-0.3, -0.25) is 13.9 Å². The Morgan fingerprint density at radius 1 is 1.03 bits per heavy atom. The van der Waals surface area contributed by atoms with Crippen molar-refractivity contribution < 1.29 is 22.7 Å². The van der Waals surface area contributed by atoms with Crippen LogP contribution in [0.3, 0.4) is 0 Å². The number of ether oxygens (including phenoxy) is 1. The number of nitrogens with zero attached hydrogens (tertiary/aromatic N) is 2. The summed E-state index contributed by atoms with van der Waals surface area (Å²) >= 11 is 12.0. The molecule has 2 amide bonds. The monoisotopic (exact) mass is 543 g/mol. The molecule has 0 aliphatic carbocycles. The van der Waals surface area contributed by atoms with Crippen molar-refractivity contribution in [1.82, 2.24) is 10.2 Å². The maximum Gasteiger partial charge on any atom is 0.244 e. The number of anilines is 1. The van der Waals surface area contributed by atoms with Gasteiger partial charge in [-0.1, -0.05) is 49.2 Å². The average molecular weight is 545 g/mol. The Hall–Kier alpha value is -2.49. The molecule has 2 rings (SSSR count). The number of hydrogen-bond donors (Lipinski definition) is 1. The molecule has 0 aromatic heterocycles. The minimum absolute atomic E-state index is 0.0953. The second kappa shape index (κ2) is 12.5. The lowest BCUT2D eigenvalue weighted by Crippen LogP contribution is -2.51. The van der Waals surface area contributed by atoms with Crippen molar-refractivity contribution in [2.45, 2.75) is 33.4 Å². The molecule has 1 N–H and O–H groups in total. The summed E-state index contributed by atoms with van der Waals surface area (Å²) in [6.07, 6.45) is 0.995. The van der Waals surface area contributed by atoms with Crippen LogP contribution in [0.5, 0.6) is 5.75 Å². The van der Waals surface area contributed by atoms with Gasteiger partial charge in [0.25, 0.3) is 0 Å². The number of benzene rings is 2. The van der Waals surface area contributed by atoms with Crippen LogP contribution in [0.4, 0.5) is 5.69 Å². The molecule has 0 bridgehead atoms. The van der Waals surface area contributed by atoms with Gasteiger partial charge in [-0.05, 0) is 48.7 Å². The zero-order valence-electron chi connectivity index (χ0n) is 20.4. The Kier molecular flexibility index (Phi) is 10.2. The predicted molar refractivity (Wildman–Crippen MR) is 140 cm³/mol. The molecule has 0 radical (unpaired) electrons. The molecule has 0 heterocycles. The first kappa shape index (κ1) is 28.7. The molecule has 2 aromatic carbocycles. The Morgan fingerprint density at radius 2 is 1.66 bits per heavy atom. The van der Waals surface area contributed by atoms with E-state index < -0.39 is 28.5 Å². The smallest absolute Gasteiger partial charge is 0.244 e. The molecule has 0 fully saturated rings. The van der Waals surface area contributed by atoms with E-state index in [4.69, 9.17) is 27.9 Å². The standard InChI is InChI=1S/C24H31Cl2N3O5S/c1-16(2)13-27-24(31)17(3)28(14-18-6-9-20(34-4)10-7-18)23(30)15-29(35(5,32)33)19-8-11-21(25)22(26)12-19/h6-12,16-17H,13-15H2,1-5H3,(H,27,31)/t17-/m1/s1. The molecule has 0 aliphatic heterocycles. The predicted octanol–water partition coefficient (Wildman–Crippen LogP) is 3.96. The van der Waals surface area contributed by atoms with Gasteiger partial charge in [-0.15, -0.1) is 0 Å². The van der Waals surface area contributed by atoms with Crippen LogP contribution in [0.2, 0.25) is 10.0 Å². The summed E-state index contributed by atoms with van der Waals surface area (Å²) in [5, 5.41) is 3.24. The molecule has 8 nitrogen and oxygen atoms in total. The van der Waals surface area contributed by atoms with Crippen LogP contribution in [0.25, 0.3) is 0 Å². The lowest BCUT2D eigenvalue weighted by atomic mass is 10.1. The first-order valence-electron chi connectivity index (χ1n) is 11.0. The normalized spacial score (nSPS) is 12.2. The minimum Gasteiger partial charge on any atom is -0.497 e. The third-order valence-electron chi connectivity index (χ3n) is 5.23. The minimum atomic E-state index is -3.86. The fourth-order valence-electron chi connectivity index (χ4n) is 3.22. The average Bonchev–Trinajstić information content (AvgIpc) is 2.80. The lowest BCUT2D eigenvalue weighted by molar-refractivity contribution is -0.139. The Labute approximate surface area is 217 Å². The summed E-state index contributed by atoms with van der Waals surface area (Å²) in [4.78, 5) is 27.7. The van der Waals surface area contributed by atoms with Crippen molar-refractivity contribution in [2.24, 2.45) is 5.92 Å². The van der Waals surface area contributed by atoms with Crippen LogP contribution in [0, 0.1) is 5.92 Å². The number of carbonyl (C=O) groups excluding carboxylic acids is 2. The molecule has 0 saturated carbocycles. The van der Waals surface area contributed by atoms with Gasteiger partial charge >= 0.3 is 0 Å². The van der Waals surface area contributed by atoms with Crippen LogP contribution in [0.1, 0.15) is 26.3 Å². The molecule has 11 heteroatoms. The van der Waals surface area contributed by atoms with E-state index in [1.54, 1.807) is 38.3 Å². The summed E-state index contributed by atoms with van der Waals surface area (Å²) in [6, 6.07) is 10.5. The van der Waals surface area contributed by atoms with Gasteiger partial charge in [0, 0.05) is 13.1 Å². The summed E-state index contributed by atoms with van der Waals surface area (Å²) in [5.41, 5.74) is 0.944. The van der Waals surface area contributed by atoms with Crippen molar-refractivity contribution >= 4 is 50.7 Å². The first-order chi connectivity index (χ1) is 16.3. The van der Waals surface area contributed by atoms with E-state index in [0.29, 0.717) is 12.3 Å². The maximum atomic E-state index is 13.5. The molecular formula is C24H31Cl2N3O5S. The molecule has 0 saturated heterocycles. The number of halogens is 2. The number of sulfonamides is 1. The van der Waals surface area contributed by atoms with Gasteiger partial charge in [0.2, 0.25) is 21.8 Å². The molecular weight excluding hydrogens is 513 g/mol. The SMILES string of the molecule is COc1ccc(CN(C(=O)CN(c2ccc(Cl)c(Cl)c2)S(C)(=O)=O)[C@H](C)C(=O)NCC(C)C)cc1. The summed E-state index contributed by atoms with van der Waals surface area (Å²) in [5.74, 6) is -0.00462. The molecule has 0 unspecified atom stereocenters. The van der Waals surface area contributed by atoms with Crippen LogP contribution >= 0.6 is 23.2 Å². The third-order valence-corrected chi connectivity index (χ3v) is 7.11. The highest BCUT2D eigenvalue weighted by Gasteiger charge is 2.30. The van der Waals surface area contributed by atoms with Crippen LogP contribution in [0.15, 0.2) is 42.5 Å². The van der Waals surface area contributed by atoms with Crippen molar-refractivity contribution in [2.75, 3.05) is 30.8 Å². The molecule has 2 aromatic rings. The van der Waals surface area contributed by atoms with Crippen molar-refractivity contribution in [1.29, 1.82) is 0 Å². The van der Waals surface area contributed by atoms with Crippen LogP contribution in [-0.2, 0) is 26.2 Å². The van der Waals surface area contributed by atoms with Gasteiger partial charge in [-0.25, -0.2) is 8.42 Å². The molecule has 1 atom stereocenters. The number of hydrogen-bond acceptors (Lipinski definition) is 5. The maximum absolute atomic E-state index is 13.5. The zero-order valence-corrected chi connectivity index (χ0v) is 22.7. The molecule has 192 valence electrons. The van der Waals surface area contributed by atoms with Gasteiger partial charge in [0.1, 0.15) is 18.3 Å². The summed E-state index contributed by atoms with van der Waals surface area (Å²) < 4.78 is 31.3. The molecule has 35 heavy (non-hydrogen) atoms.